The number of aliphatic hydroxyl groups is 1. The Morgan fingerprint density at radius 3 is 2.79 bits per heavy atom. The summed E-state index contributed by atoms with van der Waals surface area (Å²) in [5.41, 5.74) is 1.70. The van der Waals surface area contributed by atoms with Gasteiger partial charge in [-0.15, -0.1) is 0 Å². The predicted octanol–water partition coefficient (Wildman–Crippen LogP) is 1.66. The summed E-state index contributed by atoms with van der Waals surface area (Å²) in [6, 6.07) is 16.2. The van der Waals surface area contributed by atoms with Crippen molar-refractivity contribution in [2.75, 3.05) is 18.6 Å². The van der Waals surface area contributed by atoms with Gasteiger partial charge in [0, 0.05) is 7.05 Å². The molecule has 4 rings (SSSR count). The van der Waals surface area contributed by atoms with Crippen LogP contribution in [0.15, 0.2) is 59.1 Å². The summed E-state index contributed by atoms with van der Waals surface area (Å²) in [5.74, 6) is 0.844. The standard InChI is InChI=1S/C20H20N4O4/c1-24-15-9-5-6-10-16(15)27-12-14(20(24)26)21-19(25)18-22-17(28-23-18)11-13-7-3-2-4-8-13/h2-10,14,19,21,25H,11-12H2,1H3/t14-,19?/m0/s1. The number of aliphatic hydroxyl groups excluding tert-OH is 1. The number of hydrogen-bond acceptors (Lipinski definition) is 7. The molecule has 0 spiro atoms. The summed E-state index contributed by atoms with van der Waals surface area (Å²) in [5, 5.41) is 17.1. The molecule has 0 radical (unpaired) electrons. The second-order valence-electron chi connectivity index (χ2n) is 6.51. The van der Waals surface area contributed by atoms with E-state index in [1.54, 1.807) is 19.2 Å². The Bertz CT molecular complexity index is 960. The SMILES string of the molecule is CN1C(=O)[C@@H](NC(O)c2noc(Cc3ccccc3)n2)COc2ccccc21. The molecule has 8 heteroatoms. The number of anilines is 1. The molecule has 2 heterocycles. The molecule has 144 valence electrons. The van der Waals surface area contributed by atoms with Gasteiger partial charge in [0.15, 0.2) is 6.23 Å². The minimum absolute atomic E-state index is 0.0724. The summed E-state index contributed by atoms with van der Waals surface area (Å²) >= 11 is 0. The zero-order valence-corrected chi connectivity index (χ0v) is 15.3. The van der Waals surface area contributed by atoms with E-state index >= 15 is 0 Å². The Hall–Kier alpha value is -3.23. The molecule has 0 saturated carbocycles. The minimum Gasteiger partial charge on any atom is -0.489 e. The maximum atomic E-state index is 12.7. The van der Waals surface area contributed by atoms with Gasteiger partial charge in [0.1, 0.15) is 18.4 Å². The maximum Gasteiger partial charge on any atom is 0.247 e. The molecule has 1 amide bonds. The van der Waals surface area contributed by atoms with Crippen LogP contribution in [0.1, 0.15) is 23.5 Å². The first kappa shape index (κ1) is 18.1. The molecule has 1 aromatic heterocycles. The first-order valence-corrected chi connectivity index (χ1v) is 8.92. The van der Waals surface area contributed by atoms with Crippen molar-refractivity contribution in [3.8, 4) is 5.75 Å². The summed E-state index contributed by atoms with van der Waals surface area (Å²) in [6.07, 6.45) is -0.801. The molecule has 28 heavy (non-hydrogen) atoms. The number of hydrogen-bond donors (Lipinski definition) is 2. The van der Waals surface area contributed by atoms with Crippen LogP contribution in [-0.2, 0) is 11.2 Å². The second kappa shape index (κ2) is 7.79. The lowest BCUT2D eigenvalue weighted by molar-refractivity contribution is -0.121. The van der Waals surface area contributed by atoms with E-state index in [0.717, 1.165) is 5.56 Å². The molecular formula is C20H20N4O4. The average Bonchev–Trinajstić information content (AvgIpc) is 3.15. The fraction of sp³-hybridized carbons (Fsp3) is 0.250. The zero-order chi connectivity index (χ0) is 19.5. The number of para-hydroxylation sites is 2. The van der Waals surface area contributed by atoms with Gasteiger partial charge in [-0.25, -0.2) is 0 Å². The van der Waals surface area contributed by atoms with E-state index in [2.05, 4.69) is 15.5 Å². The number of likely N-dealkylation sites (N-methyl/N-ethyl adjacent to an activating group) is 1. The van der Waals surface area contributed by atoms with Crippen LogP contribution in [0.4, 0.5) is 5.69 Å². The number of nitrogens with zero attached hydrogens (tertiary/aromatic N) is 3. The Balaban J connectivity index is 1.44. The van der Waals surface area contributed by atoms with E-state index in [1.165, 1.54) is 4.90 Å². The van der Waals surface area contributed by atoms with E-state index < -0.39 is 12.3 Å². The first-order chi connectivity index (χ1) is 13.6. The van der Waals surface area contributed by atoms with Crippen LogP contribution in [0.3, 0.4) is 0 Å². The lowest BCUT2D eigenvalue weighted by Gasteiger charge is -2.21. The molecule has 2 atom stereocenters. The number of rotatable bonds is 5. The summed E-state index contributed by atoms with van der Waals surface area (Å²) in [6.45, 7) is 0.0754. The number of ether oxygens (including phenoxy) is 1. The number of amides is 1. The van der Waals surface area contributed by atoms with Crippen molar-refractivity contribution in [3.05, 3.63) is 71.9 Å². The quantitative estimate of drug-likeness (QED) is 0.649. The summed E-state index contributed by atoms with van der Waals surface area (Å²) in [7, 11) is 1.67. The highest BCUT2D eigenvalue weighted by atomic mass is 16.5. The normalized spacial score (nSPS) is 17.6. The van der Waals surface area contributed by atoms with Crippen LogP contribution in [0.5, 0.6) is 5.75 Å². The summed E-state index contributed by atoms with van der Waals surface area (Å²) < 4.78 is 10.9. The number of aromatic nitrogens is 2. The third kappa shape index (κ3) is 3.73. The lowest BCUT2D eigenvalue weighted by atomic mass is 10.1. The molecule has 0 bridgehead atoms. The molecule has 0 saturated heterocycles. The first-order valence-electron chi connectivity index (χ1n) is 8.92. The van der Waals surface area contributed by atoms with Crippen molar-refractivity contribution < 1.29 is 19.2 Å². The molecule has 2 N–H and O–H groups in total. The molecule has 0 aliphatic carbocycles. The van der Waals surface area contributed by atoms with Crippen molar-refractivity contribution in [2.45, 2.75) is 18.7 Å². The zero-order valence-electron chi connectivity index (χ0n) is 15.3. The van der Waals surface area contributed by atoms with Gasteiger partial charge >= 0.3 is 0 Å². The van der Waals surface area contributed by atoms with Gasteiger partial charge in [-0.2, -0.15) is 4.98 Å². The number of carbonyl (C=O) groups is 1. The molecule has 0 fully saturated rings. The highest BCUT2D eigenvalue weighted by Crippen LogP contribution is 2.30. The fourth-order valence-corrected chi connectivity index (χ4v) is 3.06. The predicted molar refractivity (Wildman–Crippen MR) is 101 cm³/mol. The molecule has 1 unspecified atom stereocenters. The molecule has 8 nitrogen and oxygen atoms in total. The second-order valence-corrected chi connectivity index (χ2v) is 6.51. The lowest BCUT2D eigenvalue weighted by Crippen LogP contribution is -2.48. The van der Waals surface area contributed by atoms with Crippen LogP contribution in [-0.4, -0.2) is 40.9 Å². The van der Waals surface area contributed by atoms with Gasteiger partial charge in [0.05, 0.1) is 12.1 Å². The average molecular weight is 380 g/mol. The monoisotopic (exact) mass is 380 g/mol. The van der Waals surface area contributed by atoms with E-state index in [1.807, 2.05) is 42.5 Å². The van der Waals surface area contributed by atoms with Crippen molar-refractivity contribution in [1.82, 2.24) is 15.5 Å². The fourth-order valence-electron chi connectivity index (χ4n) is 3.06. The van der Waals surface area contributed by atoms with Crippen molar-refractivity contribution in [3.63, 3.8) is 0 Å². The number of fused-ring (bicyclic) bond motifs is 1. The molecule has 3 aromatic rings. The van der Waals surface area contributed by atoms with Gasteiger partial charge in [0.25, 0.3) is 0 Å². The molecule has 1 aliphatic heterocycles. The minimum atomic E-state index is -1.26. The van der Waals surface area contributed by atoms with E-state index in [4.69, 9.17) is 9.26 Å². The van der Waals surface area contributed by atoms with Crippen molar-refractivity contribution >= 4 is 11.6 Å². The Labute approximate surface area is 161 Å². The van der Waals surface area contributed by atoms with Crippen LogP contribution in [0, 0.1) is 0 Å². The van der Waals surface area contributed by atoms with Crippen LogP contribution >= 0.6 is 0 Å². The van der Waals surface area contributed by atoms with Crippen LogP contribution in [0.2, 0.25) is 0 Å². The van der Waals surface area contributed by atoms with Gasteiger partial charge in [-0.3, -0.25) is 10.1 Å². The van der Waals surface area contributed by atoms with E-state index in [0.29, 0.717) is 23.7 Å². The molecule has 2 aromatic carbocycles. The molecule has 1 aliphatic rings. The van der Waals surface area contributed by atoms with Gasteiger partial charge in [-0.1, -0.05) is 47.6 Å². The third-order valence-corrected chi connectivity index (χ3v) is 4.55. The Morgan fingerprint density at radius 2 is 1.96 bits per heavy atom. The van der Waals surface area contributed by atoms with Gasteiger partial charge < -0.3 is 19.3 Å². The maximum absolute atomic E-state index is 12.7. The smallest absolute Gasteiger partial charge is 0.247 e. The Kier molecular flexibility index (Phi) is 5.05. The van der Waals surface area contributed by atoms with Gasteiger partial charge in [-0.05, 0) is 17.7 Å². The highest BCUT2D eigenvalue weighted by molar-refractivity contribution is 5.98. The molecular weight excluding hydrogens is 360 g/mol. The van der Waals surface area contributed by atoms with E-state index in [9.17, 15) is 9.90 Å². The van der Waals surface area contributed by atoms with Crippen LogP contribution in [0.25, 0.3) is 0 Å². The number of carbonyl (C=O) groups excluding carboxylic acids is 1. The summed E-state index contributed by atoms with van der Waals surface area (Å²) in [4.78, 5) is 18.5. The Morgan fingerprint density at radius 1 is 1.21 bits per heavy atom. The van der Waals surface area contributed by atoms with E-state index in [-0.39, 0.29) is 18.3 Å². The third-order valence-electron chi connectivity index (χ3n) is 4.55. The number of nitrogens with one attached hydrogen (secondary N) is 1. The van der Waals surface area contributed by atoms with Crippen molar-refractivity contribution in [2.24, 2.45) is 0 Å². The highest BCUT2D eigenvalue weighted by Gasteiger charge is 2.31. The largest absolute Gasteiger partial charge is 0.489 e. The number of benzene rings is 2. The van der Waals surface area contributed by atoms with Crippen molar-refractivity contribution in [1.29, 1.82) is 0 Å². The van der Waals surface area contributed by atoms with Crippen LogP contribution < -0.4 is 15.0 Å². The van der Waals surface area contributed by atoms with Gasteiger partial charge in [0.2, 0.25) is 17.6 Å². The topological polar surface area (TPSA) is 101 Å².